The van der Waals surface area contributed by atoms with Gasteiger partial charge in [-0.1, -0.05) is 12.2 Å². The fraction of sp³-hybridized carbons (Fsp3) is 0.583. The largest absolute Gasteiger partial charge is 0.466 e. The number of fused-ring (bicyclic) bond motifs is 1. The number of methoxy groups -OCH3 is 2. The van der Waals surface area contributed by atoms with E-state index in [1.807, 2.05) is 12.2 Å². The Kier molecular flexibility index (Phi) is 3.22. The van der Waals surface area contributed by atoms with E-state index in [9.17, 15) is 9.90 Å². The first-order valence-corrected chi connectivity index (χ1v) is 5.47. The first-order chi connectivity index (χ1) is 8.18. The Morgan fingerprint density at radius 2 is 2.41 bits per heavy atom. The predicted octanol–water partition coefficient (Wildman–Crippen LogP) is 0.601. The lowest BCUT2D eigenvalue weighted by Crippen LogP contribution is -2.49. The number of ether oxygens (including phenoxy) is 3. The zero-order valence-electron chi connectivity index (χ0n) is 9.88. The maximum Gasteiger partial charge on any atom is 0.337 e. The minimum absolute atomic E-state index is 0.0525. The van der Waals surface area contributed by atoms with Crippen molar-refractivity contribution in [2.24, 2.45) is 11.8 Å². The average molecular weight is 240 g/mol. The first kappa shape index (κ1) is 12.1. The quantitative estimate of drug-likeness (QED) is 0.578. The van der Waals surface area contributed by atoms with E-state index in [1.54, 1.807) is 0 Å². The lowest BCUT2D eigenvalue weighted by Gasteiger charge is -2.41. The topological polar surface area (TPSA) is 65.0 Å². The van der Waals surface area contributed by atoms with Crippen LogP contribution in [0.4, 0.5) is 0 Å². The van der Waals surface area contributed by atoms with E-state index in [1.165, 1.54) is 20.5 Å². The third-order valence-corrected chi connectivity index (χ3v) is 3.45. The van der Waals surface area contributed by atoms with E-state index in [-0.39, 0.29) is 18.4 Å². The van der Waals surface area contributed by atoms with Crippen molar-refractivity contribution in [3.05, 3.63) is 24.0 Å². The molecule has 0 fully saturated rings. The summed E-state index contributed by atoms with van der Waals surface area (Å²) in [5, 5.41) is 9.44. The minimum atomic E-state index is -1.09. The van der Waals surface area contributed by atoms with Crippen LogP contribution in [0.3, 0.4) is 0 Å². The molecule has 0 aromatic carbocycles. The highest BCUT2D eigenvalue weighted by Crippen LogP contribution is 2.44. The van der Waals surface area contributed by atoms with Crippen LogP contribution in [0, 0.1) is 11.8 Å². The molecule has 0 aromatic rings. The van der Waals surface area contributed by atoms with Gasteiger partial charge in [-0.2, -0.15) is 0 Å². The molecule has 0 bridgehead atoms. The number of carbonyl (C=O) groups is 1. The van der Waals surface area contributed by atoms with Crippen LogP contribution in [0.25, 0.3) is 0 Å². The van der Waals surface area contributed by atoms with Gasteiger partial charge < -0.3 is 19.3 Å². The molecule has 1 N–H and O–H groups in total. The molecule has 0 aromatic heterocycles. The Bertz CT molecular complexity index is 367. The van der Waals surface area contributed by atoms with Gasteiger partial charge >= 0.3 is 5.97 Å². The molecule has 1 aliphatic carbocycles. The highest BCUT2D eigenvalue weighted by Gasteiger charge is 2.50. The van der Waals surface area contributed by atoms with Gasteiger partial charge in [0.25, 0.3) is 0 Å². The summed E-state index contributed by atoms with van der Waals surface area (Å²) < 4.78 is 15.4. The van der Waals surface area contributed by atoms with Crippen molar-refractivity contribution >= 4 is 5.97 Å². The highest BCUT2D eigenvalue weighted by atomic mass is 16.7. The summed E-state index contributed by atoms with van der Waals surface area (Å²) in [6.45, 7) is -0.264. The average Bonchev–Trinajstić information content (AvgIpc) is 2.86. The maximum absolute atomic E-state index is 11.6. The number of hydrogen-bond donors (Lipinski definition) is 1. The molecule has 5 heteroatoms. The number of aliphatic hydroxyl groups is 1. The molecule has 17 heavy (non-hydrogen) atoms. The summed E-state index contributed by atoms with van der Waals surface area (Å²) in [7, 11) is 2.82. The van der Waals surface area contributed by atoms with Gasteiger partial charge in [0, 0.05) is 13.0 Å². The number of rotatable bonds is 3. The number of allylic oxidation sites excluding steroid dienone is 1. The third kappa shape index (κ3) is 1.75. The van der Waals surface area contributed by atoms with Crippen molar-refractivity contribution in [3.63, 3.8) is 0 Å². The highest BCUT2D eigenvalue weighted by molar-refractivity contribution is 5.89. The van der Waals surface area contributed by atoms with Crippen LogP contribution < -0.4 is 0 Å². The van der Waals surface area contributed by atoms with Crippen molar-refractivity contribution in [1.82, 2.24) is 0 Å². The fourth-order valence-electron chi connectivity index (χ4n) is 2.46. The normalized spacial score (nSPS) is 34.9. The lowest BCUT2D eigenvalue weighted by molar-refractivity contribution is -0.248. The number of esters is 1. The van der Waals surface area contributed by atoms with Gasteiger partial charge in [0.1, 0.15) is 6.61 Å². The summed E-state index contributed by atoms with van der Waals surface area (Å²) in [5.74, 6) is -1.71. The molecule has 3 atom stereocenters. The fourth-order valence-corrected chi connectivity index (χ4v) is 2.46. The zero-order valence-corrected chi connectivity index (χ0v) is 9.88. The second-order valence-corrected chi connectivity index (χ2v) is 4.15. The molecular weight excluding hydrogens is 224 g/mol. The second kappa shape index (κ2) is 4.50. The third-order valence-electron chi connectivity index (χ3n) is 3.45. The molecule has 0 saturated heterocycles. The molecule has 94 valence electrons. The molecule has 1 heterocycles. The minimum Gasteiger partial charge on any atom is -0.466 e. The van der Waals surface area contributed by atoms with Gasteiger partial charge in [-0.3, -0.25) is 0 Å². The first-order valence-electron chi connectivity index (χ1n) is 5.47. The van der Waals surface area contributed by atoms with Crippen molar-refractivity contribution in [3.8, 4) is 0 Å². The Morgan fingerprint density at radius 1 is 1.65 bits per heavy atom. The van der Waals surface area contributed by atoms with Gasteiger partial charge in [0.05, 0.1) is 24.9 Å². The zero-order chi connectivity index (χ0) is 12.5. The van der Waals surface area contributed by atoms with Crippen molar-refractivity contribution in [2.75, 3.05) is 20.8 Å². The number of hydrogen-bond acceptors (Lipinski definition) is 5. The molecule has 5 nitrogen and oxygen atoms in total. The van der Waals surface area contributed by atoms with Gasteiger partial charge in [0.2, 0.25) is 5.79 Å². The van der Waals surface area contributed by atoms with Crippen LogP contribution in [-0.4, -0.2) is 37.7 Å². The van der Waals surface area contributed by atoms with E-state index in [0.717, 1.165) is 6.42 Å². The Morgan fingerprint density at radius 3 is 3.00 bits per heavy atom. The molecule has 0 spiro atoms. The Hall–Kier alpha value is -1.33. The van der Waals surface area contributed by atoms with Crippen molar-refractivity contribution in [2.45, 2.75) is 12.2 Å². The van der Waals surface area contributed by atoms with Gasteiger partial charge in [-0.25, -0.2) is 4.79 Å². The van der Waals surface area contributed by atoms with E-state index in [2.05, 4.69) is 0 Å². The van der Waals surface area contributed by atoms with Crippen LogP contribution in [0.2, 0.25) is 0 Å². The maximum atomic E-state index is 11.6. The van der Waals surface area contributed by atoms with Crippen LogP contribution in [0.15, 0.2) is 24.0 Å². The molecule has 0 radical (unpaired) electrons. The SMILES string of the molecule is COC(=O)C1=COC(CO)(OC)C2C=CCC12. The number of aliphatic hydroxyl groups excluding tert-OH is 1. The molecule has 2 rings (SSSR count). The van der Waals surface area contributed by atoms with Crippen molar-refractivity contribution < 1.29 is 24.1 Å². The smallest absolute Gasteiger partial charge is 0.337 e. The Labute approximate surface area is 99.7 Å². The van der Waals surface area contributed by atoms with Gasteiger partial charge in [-0.15, -0.1) is 0 Å². The van der Waals surface area contributed by atoms with E-state index < -0.39 is 11.8 Å². The Balaban J connectivity index is 2.34. The summed E-state index contributed by atoms with van der Waals surface area (Å²) in [5.41, 5.74) is 0.489. The van der Waals surface area contributed by atoms with Crippen LogP contribution in [0.1, 0.15) is 6.42 Å². The number of carbonyl (C=O) groups excluding carboxylic acids is 1. The van der Waals surface area contributed by atoms with E-state index >= 15 is 0 Å². The van der Waals surface area contributed by atoms with E-state index in [4.69, 9.17) is 14.2 Å². The summed E-state index contributed by atoms with van der Waals surface area (Å²) in [6, 6.07) is 0. The molecular formula is C12H16O5. The lowest BCUT2D eigenvalue weighted by atomic mass is 9.81. The molecule has 3 unspecified atom stereocenters. The van der Waals surface area contributed by atoms with Gasteiger partial charge in [0.15, 0.2) is 0 Å². The summed E-state index contributed by atoms with van der Waals surface area (Å²) >= 11 is 0. The molecule has 0 amide bonds. The molecule has 2 aliphatic rings. The standard InChI is InChI=1S/C12H16O5/c1-15-11(14)9-6-17-12(7-13,16-2)10-5-3-4-8(9)10/h3,5-6,8,10,13H,4,7H2,1-2H3. The van der Waals surface area contributed by atoms with Crippen molar-refractivity contribution in [1.29, 1.82) is 0 Å². The monoisotopic (exact) mass is 240 g/mol. The van der Waals surface area contributed by atoms with Crippen LogP contribution in [0.5, 0.6) is 0 Å². The molecule has 1 aliphatic heterocycles. The van der Waals surface area contributed by atoms with Gasteiger partial charge in [-0.05, 0) is 6.42 Å². The predicted molar refractivity (Wildman–Crippen MR) is 58.7 cm³/mol. The molecule has 0 saturated carbocycles. The van der Waals surface area contributed by atoms with Crippen LogP contribution >= 0.6 is 0 Å². The van der Waals surface area contributed by atoms with E-state index in [0.29, 0.717) is 5.57 Å². The summed E-state index contributed by atoms with van der Waals surface area (Å²) in [6.07, 6.45) is 5.95. The van der Waals surface area contributed by atoms with Crippen LogP contribution in [-0.2, 0) is 19.0 Å². The second-order valence-electron chi connectivity index (χ2n) is 4.15. The summed E-state index contributed by atoms with van der Waals surface area (Å²) in [4.78, 5) is 11.6.